The van der Waals surface area contributed by atoms with Crippen molar-refractivity contribution in [1.82, 2.24) is 9.99 Å². The summed E-state index contributed by atoms with van der Waals surface area (Å²) >= 11 is 1.55. The molecule has 3 heterocycles. The molecule has 1 aliphatic heterocycles. The molecule has 32 heavy (non-hydrogen) atoms. The van der Waals surface area contributed by atoms with Crippen LogP contribution in [0, 0.1) is 0 Å². The van der Waals surface area contributed by atoms with E-state index in [2.05, 4.69) is 10.1 Å². The number of carbonyl (C=O) groups is 2. The zero-order valence-corrected chi connectivity index (χ0v) is 18.4. The van der Waals surface area contributed by atoms with Crippen LogP contribution in [0.4, 0.5) is 0 Å². The number of pyridine rings is 1. The zero-order chi connectivity index (χ0) is 22.5. The number of hydrogen-bond donors (Lipinski definition) is 0. The number of ether oxygens (including phenoxy) is 3. The minimum Gasteiger partial charge on any atom is -0.493 e. The van der Waals surface area contributed by atoms with Gasteiger partial charge in [0.05, 0.1) is 30.9 Å². The van der Waals surface area contributed by atoms with Crippen LogP contribution in [0.25, 0.3) is 0 Å². The highest BCUT2D eigenvalue weighted by atomic mass is 32.1. The number of esters is 1. The first-order valence-electron chi connectivity index (χ1n) is 9.84. The lowest BCUT2D eigenvalue weighted by Crippen LogP contribution is -2.31. The summed E-state index contributed by atoms with van der Waals surface area (Å²) in [5.41, 5.74) is 1.77. The van der Waals surface area contributed by atoms with Gasteiger partial charge in [0.1, 0.15) is 5.69 Å². The standard InChI is InChI=1S/C23H21N3O5S/c1-29-19-9-8-15(12-20(19)30-2)18-13-17(21-7-5-11-32-21)25-26(18)22(27)14-31-23(28)16-6-3-4-10-24-16/h3-12,18H,13-14H2,1-2H3. The number of methoxy groups -OCH3 is 2. The van der Waals surface area contributed by atoms with Crippen LogP contribution >= 0.6 is 11.3 Å². The van der Waals surface area contributed by atoms with Crippen LogP contribution in [0.3, 0.4) is 0 Å². The van der Waals surface area contributed by atoms with Gasteiger partial charge in [0.15, 0.2) is 18.1 Å². The highest BCUT2D eigenvalue weighted by Crippen LogP contribution is 2.37. The molecule has 8 nitrogen and oxygen atoms in total. The van der Waals surface area contributed by atoms with Gasteiger partial charge in [-0.05, 0) is 41.3 Å². The fraction of sp³-hybridized carbons (Fsp3) is 0.217. The van der Waals surface area contributed by atoms with Gasteiger partial charge in [-0.2, -0.15) is 5.10 Å². The van der Waals surface area contributed by atoms with E-state index < -0.39 is 18.5 Å². The van der Waals surface area contributed by atoms with Crippen molar-refractivity contribution in [3.8, 4) is 11.5 Å². The Kier molecular flexibility index (Phi) is 6.46. The maximum absolute atomic E-state index is 13.0. The quantitative estimate of drug-likeness (QED) is 0.509. The third-order valence-corrected chi connectivity index (χ3v) is 5.88. The molecule has 0 spiro atoms. The van der Waals surface area contributed by atoms with Crippen LogP contribution in [0.1, 0.15) is 33.4 Å². The number of hydrazone groups is 1. The zero-order valence-electron chi connectivity index (χ0n) is 17.6. The van der Waals surface area contributed by atoms with Gasteiger partial charge in [-0.25, -0.2) is 14.8 Å². The van der Waals surface area contributed by atoms with Gasteiger partial charge in [0.2, 0.25) is 0 Å². The molecule has 2 aromatic heterocycles. The number of amides is 1. The lowest BCUT2D eigenvalue weighted by atomic mass is 10.0. The van der Waals surface area contributed by atoms with Gasteiger partial charge >= 0.3 is 5.97 Å². The smallest absolute Gasteiger partial charge is 0.357 e. The maximum Gasteiger partial charge on any atom is 0.357 e. The molecule has 0 fully saturated rings. The highest BCUT2D eigenvalue weighted by molar-refractivity contribution is 7.12. The number of nitrogens with zero attached hydrogens (tertiary/aromatic N) is 3. The van der Waals surface area contributed by atoms with Gasteiger partial charge in [0, 0.05) is 12.6 Å². The summed E-state index contributed by atoms with van der Waals surface area (Å²) in [5, 5.41) is 7.91. The average molecular weight is 452 g/mol. The molecule has 164 valence electrons. The molecule has 1 aromatic carbocycles. The van der Waals surface area contributed by atoms with Crippen LogP contribution < -0.4 is 9.47 Å². The minimum atomic E-state index is -0.664. The summed E-state index contributed by atoms with van der Waals surface area (Å²) in [6.45, 7) is -0.444. The van der Waals surface area contributed by atoms with Crippen LogP contribution in [-0.4, -0.2) is 48.4 Å². The molecular formula is C23H21N3O5S. The summed E-state index contributed by atoms with van der Waals surface area (Å²) in [7, 11) is 3.13. The number of benzene rings is 1. The molecule has 1 unspecified atom stereocenters. The summed E-state index contributed by atoms with van der Waals surface area (Å²) in [6.07, 6.45) is 2.01. The van der Waals surface area contributed by atoms with E-state index in [1.807, 2.05) is 29.6 Å². The van der Waals surface area contributed by atoms with Crippen LogP contribution in [0.5, 0.6) is 11.5 Å². The maximum atomic E-state index is 13.0. The third-order valence-electron chi connectivity index (χ3n) is 4.96. The second-order valence-corrected chi connectivity index (χ2v) is 7.84. The number of hydrogen-bond acceptors (Lipinski definition) is 8. The molecule has 3 aromatic rings. The molecule has 1 atom stereocenters. The van der Waals surface area contributed by atoms with E-state index in [0.29, 0.717) is 17.9 Å². The van der Waals surface area contributed by atoms with E-state index in [9.17, 15) is 9.59 Å². The van der Waals surface area contributed by atoms with Crippen molar-refractivity contribution in [1.29, 1.82) is 0 Å². The van der Waals surface area contributed by atoms with Crippen molar-refractivity contribution >= 4 is 28.9 Å². The van der Waals surface area contributed by atoms with Crippen molar-refractivity contribution in [2.24, 2.45) is 5.10 Å². The number of thiophene rings is 1. The van der Waals surface area contributed by atoms with Gasteiger partial charge in [-0.15, -0.1) is 11.3 Å². The Labute approximate surface area is 189 Å². The molecule has 0 radical (unpaired) electrons. The molecule has 0 aliphatic carbocycles. The summed E-state index contributed by atoms with van der Waals surface area (Å²) in [5.74, 6) is 0.0586. The van der Waals surface area contributed by atoms with Crippen molar-refractivity contribution in [3.63, 3.8) is 0 Å². The van der Waals surface area contributed by atoms with Gasteiger partial charge in [-0.3, -0.25) is 4.79 Å². The number of rotatable bonds is 7. The fourth-order valence-electron chi connectivity index (χ4n) is 3.40. The summed E-state index contributed by atoms with van der Waals surface area (Å²) in [6, 6.07) is 13.9. The second-order valence-electron chi connectivity index (χ2n) is 6.89. The Hall–Kier alpha value is -3.72. The topological polar surface area (TPSA) is 90.3 Å². The van der Waals surface area contributed by atoms with Crippen molar-refractivity contribution in [2.75, 3.05) is 20.8 Å². The monoisotopic (exact) mass is 451 g/mol. The largest absolute Gasteiger partial charge is 0.493 e. The predicted octanol–water partition coefficient (Wildman–Crippen LogP) is 3.70. The average Bonchev–Trinajstić information content (AvgIpc) is 3.52. The van der Waals surface area contributed by atoms with Gasteiger partial charge in [-0.1, -0.05) is 18.2 Å². The lowest BCUT2D eigenvalue weighted by molar-refractivity contribution is -0.136. The molecule has 4 rings (SSSR count). The first-order chi connectivity index (χ1) is 15.6. The Morgan fingerprint density at radius 1 is 1.09 bits per heavy atom. The van der Waals surface area contributed by atoms with E-state index in [1.165, 1.54) is 17.3 Å². The SMILES string of the molecule is COc1ccc(C2CC(c3cccs3)=NN2C(=O)COC(=O)c2ccccn2)cc1OC. The molecule has 9 heteroatoms. The molecule has 1 amide bonds. The van der Waals surface area contributed by atoms with Crippen molar-refractivity contribution < 1.29 is 23.8 Å². The van der Waals surface area contributed by atoms with E-state index in [-0.39, 0.29) is 11.7 Å². The summed E-state index contributed by atoms with van der Waals surface area (Å²) < 4.78 is 15.9. The predicted molar refractivity (Wildman–Crippen MR) is 119 cm³/mol. The Balaban J connectivity index is 1.57. The number of carbonyl (C=O) groups excluding carboxylic acids is 2. The highest BCUT2D eigenvalue weighted by Gasteiger charge is 2.34. The van der Waals surface area contributed by atoms with Gasteiger partial charge in [0.25, 0.3) is 5.91 Å². The second kappa shape index (κ2) is 9.61. The lowest BCUT2D eigenvalue weighted by Gasteiger charge is -2.22. The van der Waals surface area contributed by atoms with Crippen LogP contribution in [-0.2, 0) is 9.53 Å². The molecule has 0 saturated carbocycles. The van der Waals surface area contributed by atoms with Crippen molar-refractivity contribution in [3.05, 3.63) is 76.2 Å². The van der Waals surface area contributed by atoms with E-state index >= 15 is 0 Å². The fourth-order valence-corrected chi connectivity index (χ4v) is 4.12. The van der Waals surface area contributed by atoms with Crippen LogP contribution in [0.2, 0.25) is 0 Å². The normalized spacial score (nSPS) is 15.2. The first kappa shape index (κ1) is 21.5. The Morgan fingerprint density at radius 3 is 2.62 bits per heavy atom. The molecule has 1 aliphatic rings. The molecular weight excluding hydrogens is 430 g/mol. The summed E-state index contributed by atoms with van der Waals surface area (Å²) in [4.78, 5) is 30.2. The van der Waals surface area contributed by atoms with E-state index in [1.54, 1.807) is 43.8 Å². The number of aromatic nitrogens is 1. The Morgan fingerprint density at radius 2 is 1.94 bits per heavy atom. The molecule has 0 bridgehead atoms. The molecule has 0 saturated heterocycles. The van der Waals surface area contributed by atoms with Gasteiger partial charge < -0.3 is 14.2 Å². The van der Waals surface area contributed by atoms with Crippen molar-refractivity contribution in [2.45, 2.75) is 12.5 Å². The van der Waals surface area contributed by atoms with E-state index in [4.69, 9.17) is 14.2 Å². The third kappa shape index (κ3) is 4.47. The van der Waals surface area contributed by atoms with E-state index in [0.717, 1.165) is 16.2 Å². The molecule has 0 N–H and O–H groups in total. The minimum absolute atomic E-state index is 0.140. The Bertz CT molecular complexity index is 1130. The first-order valence-corrected chi connectivity index (χ1v) is 10.7. The van der Waals surface area contributed by atoms with Crippen LogP contribution in [0.15, 0.2) is 65.2 Å².